The Kier molecular flexibility index (Phi) is 5.58. The lowest BCUT2D eigenvalue weighted by Crippen LogP contribution is -2.41. The molecule has 4 N–H and O–H groups in total. The molecule has 0 aromatic heterocycles. The minimum Gasteiger partial charge on any atom is -0.393 e. The topological polar surface area (TPSA) is 58.3 Å². The predicted molar refractivity (Wildman–Crippen MR) is 63.6 cm³/mol. The largest absolute Gasteiger partial charge is 0.393 e. The summed E-state index contributed by atoms with van der Waals surface area (Å²) >= 11 is 0. The lowest BCUT2D eigenvalue weighted by molar-refractivity contribution is 0.110. The number of aliphatic hydroxyl groups is 1. The first kappa shape index (κ1) is 12.9. The molecule has 0 aromatic rings. The first-order valence-corrected chi connectivity index (χ1v) is 6.25. The minimum absolute atomic E-state index is 0.0911. The number of nitrogens with two attached hydrogens (primary N) is 1. The molecule has 3 heteroatoms. The van der Waals surface area contributed by atoms with E-state index in [4.69, 9.17) is 5.73 Å². The SMILES string of the molecule is CC(C)C(CN)CNC1CCCC(O)C1. The molecular formula is C12H26N2O. The highest BCUT2D eigenvalue weighted by molar-refractivity contribution is 4.79. The average Bonchev–Trinajstić information content (AvgIpc) is 2.18. The Morgan fingerprint density at radius 2 is 2.13 bits per heavy atom. The van der Waals surface area contributed by atoms with Crippen molar-refractivity contribution in [2.24, 2.45) is 17.6 Å². The summed E-state index contributed by atoms with van der Waals surface area (Å²) in [6.07, 6.45) is 4.14. The Morgan fingerprint density at radius 1 is 1.40 bits per heavy atom. The van der Waals surface area contributed by atoms with Crippen LogP contribution in [0.5, 0.6) is 0 Å². The van der Waals surface area contributed by atoms with Gasteiger partial charge in [-0.05, 0) is 50.6 Å². The lowest BCUT2D eigenvalue weighted by atomic mass is 9.91. The summed E-state index contributed by atoms with van der Waals surface area (Å²) in [5, 5.41) is 13.1. The Bertz CT molecular complexity index is 173. The van der Waals surface area contributed by atoms with E-state index in [1.807, 2.05) is 0 Å². The molecular weight excluding hydrogens is 188 g/mol. The molecule has 1 aliphatic carbocycles. The smallest absolute Gasteiger partial charge is 0.0555 e. The van der Waals surface area contributed by atoms with Crippen LogP contribution < -0.4 is 11.1 Å². The standard InChI is InChI=1S/C12H26N2O/c1-9(2)10(7-13)8-14-11-4-3-5-12(15)6-11/h9-12,14-15H,3-8,13H2,1-2H3. The van der Waals surface area contributed by atoms with Crippen LogP contribution in [0.15, 0.2) is 0 Å². The van der Waals surface area contributed by atoms with E-state index in [-0.39, 0.29) is 6.10 Å². The summed E-state index contributed by atoms with van der Waals surface area (Å²) in [5.41, 5.74) is 5.73. The summed E-state index contributed by atoms with van der Waals surface area (Å²) in [6, 6.07) is 0.501. The second-order valence-electron chi connectivity index (χ2n) is 5.17. The third kappa shape index (κ3) is 4.49. The summed E-state index contributed by atoms with van der Waals surface area (Å²) in [6.45, 7) is 6.18. The molecule has 0 amide bonds. The highest BCUT2D eigenvalue weighted by Crippen LogP contribution is 2.19. The predicted octanol–water partition coefficient (Wildman–Crippen LogP) is 1.11. The third-order valence-corrected chi connectivity index (χ3v) is 3.56. The van der Waals surface area contributed by atoms with Gasteiger partial charge in [-0.2, -0.15) is 0 Å². The van der Waals surface area contributed by atoms with Gasteiger partial charge in [-0.3, -0.25) is 0 Å². The van der Waals surface area contributed by atoms with Crippen LogP contribution in [0.1, 0.15) is 39.5 Å². The normalized spacial score (nSPS) is 29.4. The average molecular weight is 214 g/mol. The Balaban J connectivity index is 2.23. The molecule has 0 saturated heterocycles. The second kappa shape index (κ2) is 6.46. The number of rotatable bonds is 5. The number of hydrogen-bond acceptors (Lipinski definition) is 3. The second-order valence-corrected chi connectivity index (χ2v) is 5.17. The molecule has 0 aromatic carbocycles. The van der Waals surface area contributed by atoms with Gasteiger partial charge in [0.2, 0.25) is 0 Å². The zero-order chi connectivity index (χ0) is 11.3. The number of hydrogen-bond donors (Lipinski definition) is 3. The van der Waals surface area contributed by atoms with Gasteiger partial charge in [0.1, 0.15) is 0 Å². The fourth-order valence-corrected chi connectivity index (χ4v) is 2.26. The lowest BCUT2D eigenvalue weighted by Gasteiger charge is -2.29. The summed E-state index contributed by atoms with van der Waals surface area (Å²) in [5.74, 6) is 1.19. The van der Waals surface area contributed by atoms with Crippen molar-refractivity contribution >= 4 is 0 Å². The zero-order valence-corrected chi connectivity index (χ0v) is 10.1. The molecule has 0 spiro atoms. The van der Waals surface area contributed by atoms with Gasteiger partial charge in [0.15, 0.2) is 0 Å². The van der Waals surface area contributed by atoms with E-state index in [2.05, 4.69) is 19.2 Å². The molecule has 3 unspecified atom stereocenters. The molecule has 1 aliphatic rings. The first-order chi connectivity index (χ1) is 7.13. The monoisotopic (exact) mass is 214 g/mol. The highest BCUT2D eigenvalue weighted by Gasteiger charge is 2.21. The van der Waals surface area contributed by atoms with Crippen LogP contribution in [-0.4, -0.2) is 30.3 Å². The maximum absolute atomic E-state index is 9.55. The van der Waals surface area contributed by atoms with E-state index in [0.29, 0.717) is 17.9 Å². The Morgan fingerprint density at radius 3 is 2.67 bits per heavy atom. The quantitative estimate of drug-likeness (QED) is 0.642. The summed E-state index contributed by atoms with van der Waals surface area (Å²) < 4.78 is 0. The molecule has 3 atom stereocenters. The van der Waals surface area contributed by atoms with Gasteiger partial charge in [-0.1, -0.05) is 13.8 Å². The molecule has 0 radical (unpaired) electrons. The van der Waals surface area contributed by atoms with Crippen LogP contribution in [0, 0.1) is 11.8 Å². The molecule has 15 heavy (non-hydrogen) atoms. The van der Waals surface area contributed by atoms with Gasteiger partial charge in [0, 0.05) is 6.04 Å². The van der Waals surface area contributed by atoms with Gasteiger partial charge >= 0.3 is 0 Å². The molecule has 3 nitrogen and oxygen atoms in total. The van der Waals surface area contributed by atoms with Crippen molar-refractivity contribution in [3.8, 4) is 0 Å². The maximum Gasteiger partial charge on any atom is 0.0555 e. The van der Waals surface area contributed by atoms with Gasteiger partial charge < -0.3 is 16.2 Å². The number of nitrogens with one attached hydrogen (secondary N) is 1. The maximum atomic E-state index is 9.55. The Hall–Kier alpha value is -0.120. The molecule has 1 saturated carbocycles. The molecule has 0 heterocycles. The van der Waals surface area contributed by atoms with Crippen molar-refractivity contribution in [2.75, 3.05) is 13.1 Å². The summed E-state index contributed by atoms with van der Waals surface area (Å²) in [7, 11) is 0. The van der Waals surface area contributed by atoms with Crippen LogP contribution in [0.2, 0.25) is 0 Å². The van der Waals surface area contributed by atoms with E-state index in [1.165, 1.54) is 6.42 Å². The first-order valence-electron chi connectivity index (χ1n) is 6.25. The van der Waals surface area contributed by atoms with Crippen molar-refractivity contribution in [3.63, 3.8) is 0 Å². The molecule has 0 aliphatic heterocycles. The van der Waals surface area contributed by atoms with E-state index in [9.17, 15) is 5.11 Å². The van der Waals surface area contributed by atoms with Crippen LogP contribution in [0.25, 0.3) is 0 Å². The molecule has 1 fully saturated rings. The van der Waals surface area contributed by atoms with E-state index < -0.39 is 0 Å². The number of aliphatic hydroxyl groups excluding tert-OH is 1. The van der Waals surface area contributed by atoms with Gasteiger partial charge in [-0.15, -0.1) is 0 Å². The Labute approximate surface area is 93.4 Å². The molecule has 1 rings (SSSR count). The third-order valence-electron chi connectivity index (χ3n) is 3.56. The molecule has 0 bridgehead atoms. The van der Waals surface area contributed by atoms with Crippen LogP contribution in [0.3, 0.4) is 0 Å². The van der Waals surface area contributed by atoms with Crippen LogP contribution in [-0.2, 0) is 0 Å². The van der Waals surface area contributed by atoms with Crippen molar-refractivity contribution in [2.45, 2.75) is 51.7 Å². The minimum atomic E-state index is -0.0911. The molecule has 90 valence electrons. The van der Waals surface area contributed by atoms with Gasteiger partial charge in [0.05, 0.1) is 6.10 Å². The van der Waals surface area contributed by atoms with E-state index >= 15 is 0 Å². The van der Waals surface area contributed by atoms with E-state index in [0.717, 1.165) is 32.4 Å². The van der Waals surface area contributed by atoms with Gasteiger partial charge in [-0.25, -0.2) is 0 Å². The van der Waals surface area contributed by atoms with Crippen molar-refractivity contribution in [1.82, 2.24) is 5.32 Å². The summed E-state index contributed by atoms with van der Waals surface area (Å²) in [4.78, 5) is 0. The van der Waals surface area contributed by atoms with Gasteiger partial charge in [0.25, 0.3) is 0 Å². The fourth-order valence-electron chi connectivity index (χ4n) is 2.26. The zero-order valence-electron chi connectivity index (χ0n) is 10.1. The van der Waals surface area contributed by atoms with Crippen LogP contribution in [0.4, 0.5) is 0 Å². The van der Waals surface area contributed by atoms with Crippen LogP contribution >= 0.6 is 0 Å². The van der Waals surface area contributed by atoms with Crippen molar-refractivity contribution in [1.29, 1.82) is 0 Å². The highest BCUT2D eigenvalue weighted by atomic mass is 16.3. The fraction of sp³-hybridized carbons (Fsp3) is 1.00. The van der Waals surface area contributed by atoms with E-state index in [1.54, 1.807) is 0 Å². The van der Waals surface area contributed by atoms with Crippen molar-refractivity contribution in [3.05, 3.63) is 0 Å². The van der Waals surface area contributed by atoms with Crippen molar-refractivity contribution < 1.29 is 5.11 Å².